The lowest BCUT2D eigenvalue weighted by Crippen LogP contribution is -2.28. The minimum Gasteiger partial charge on any atom is -0.211 e. The maximum Gasteiger partial charge on any atom is 0.235 e. The third-order valence-corrected chi connectivity index (χ3v) is 5.20. The largest absolute Gasteiger partial charge is 0.235 e. The van der Waals surface area contributed by atoms with E-state index < -0.39 is 0 Å². The average molecular weight is 276 g/mol. The van der Waals surface area contributed by atoms with Gasteiger partial charge in [-0.25, -0.2) is 19.6 Å². The van der Waals surface area contributed by atoms with E-state index in [4.69, 9.17) is 0 Å². The molecule has 2 rings (SSSR count). The number of rotatable bonds is 4. The van der Waals surface area contributed by atoms with Crippen molar-refractivity contribution in [2.24, 2.45) is 27.7 Å². The minimum absolute atomic E-state index is 0.183. The average Bonchev–Trinajstić information content (AvgIpc) is 2.45. The molecule has 0 bridgehead atoms. The van der Waals surface area contributed by atoms with Crippen LogP contribution in [0.3, 0.4) is 0 Å². The van der Waals surface area contributed by atoms with E-state index >= 15 is 0 Å². The fourth-order valence-corrected chi connectivity index (χ4v) is 3.90. The second kappa shape index (κ2) is 7.52. The lowest BCUT2D eigenvalue weighted by molar-refractivity contribution is 0.194. The lowest BCUT2D eigenvalue weighted by atomic mass is 9.73. The molecule has 3 unspecified atom stereocenters. The van der Waals surface area contributed by atoms with Crippen LogP contribution in [0.1, 0.15) is 58.3 Å². The van der Waals surface area contributed by atoms with E-state index in [9.17, 15) is 9.59 Å². The molecule has 2 aliphatic rings. The van der Waals surface area contributed by atoms with Crippen molar-refractivity contribution in [3.63, 3.8) is 0 Å². The summed E-state index contributed by atoms with van der Waals surface area (Å²) in [4.78, 5) is 28.6. The first-order chi connectivity index (χ1) is 9.72. The Morgan fingerprint density at radius 2 is 1.55 bits per heavy atom. The summed E-state index contributed by atoms with van der Waals surface area (Å²) in [6.45, 7) is 2.18. The molecule has 2 fully saturated rings. The van der Waals surface area contributed by atoms with Crippen molar-refractivity contribution >= 4 is 12.2 Å². The van der Waals surface area contributed by atoms with Gasteiger partial charge in [-0.3, -0.25) is 0 Å². The quantitative estimate of drug-likeness (QED) is 0.583. The smallest absolute Gasteiger partial charge is 0.211 e. The standard InChI is InChI=1S/C16H24N2O2/c1-12-2-3-14(9-16(12)18-11-20)8-13-4-6-15(7-5-13)17-10-19/h12-16H,2-9H2,1H3. The van der Waals surface area contributed by atoms with E-state index in [1.54, 1.807) is 12.2 Å². The van der Waals surface area contributed by atoms with E-state index in [0.717, 1.165) is 25.2 Å². The molecular formula is C16H24N2O2. The first-order valence-corrected chi connectivity index (χ1v) is 7.87. The van der Waals surface area contributed by atoms with E-state index in [1.807, 2.05) is 0 Å². The topological polar surface area (TPSA) is 58.9 Å². The number of aliphatic imine (C=N–C) groups is 2. The van der Waals surface area contributed by atoms with Crippen molar-refractivity contribution in [3.05, 3.63) is 0 Å². The molecule has 4 nitrogen and oxygen atoms in total. The molecule has 110 valence electrons. The van der Waals surface area contributed by atoms with Gasteiger partial charge in [0.1, 0.15) is 0 Å². The van der Waals surface area contributed by atoms with Crippen LogP contribution in [0, 0.1) is 17.8 Å². The molecule has 2 aliphatic carbocycles. The van der Waals surface area contributed by atoms with Gasteiger partial charge in [0.25, 0.3) is 0 Å². The Labute approximate surface area is 120 Å². The van der Waals surface area contributed by atoms with Gasteiger partial charge in [-0.05, 0) is 62.7 Å². The highest BCUT2D eigenvalue weighted by molar-refractivity contribution is 5.34. The van der Waals surface area contributed by atoms with Gasteiger partial charge in [-0.2, -0.15) is 0 Å². The summed E-state index contributed by atoms with van der Waals surface area (Å²) < 4.78 is 0. The monoisotopic (exact) mass is 276 g/mol. The first-order valence-electron chi connectivity index (χ1n) is 7.87. The van der Waals surface area contributed by atoms with E-state index in [2.05, 4.69) is 16.9 Å². The molecular weight excluding hydrogens is 252 g/mol. The predicted octanol–water partition coefficient (Wildman–Crippen LogP) is 3.41. The van der Waals surface area contributed by atoms with Gasteiger partial charge in [-0.1, -0.05) is 13.3 Å². The van der Waals surface area contributed by atoms with E-state index in [0.29, 0.717) is 11.8 Å². The summed E-state index contributed by atoms with van der Waals surface area (Å²) in [7, 11) is 0. The van der Waals surface area contributed by atoms with Gasteiger partial charge in [0.2, 0.25) is 12.2 Å². The number of isocyanates is 2. The number of hydrogen-bond acceptors (Lipinski definition) is 4. The zero-order valence-electron chi connectivity index (χ0n) is 12.3. The molecule has 0 aliphatic heterocycles. The zero-order valence-corrected chi connectivity index (χ0v) is 12.3. The summed E-state index contributed by atoms with van der Waals surface area (Å²) >= 11 is 0. The molecule has 0 spiro atoms. The first kappa shape index (κ1) is 15.2. The highest BCUT2D eigenvalue weighted by Gasteiger charge is 2.30. The molecule has 0 aromatic carbocycles. The Morgan fingerprint density at radius 3 is 2.20 bits per heavy atom. The predicted molar refractivity (Wildman–Crippen MR) is 76.9 cm³/mol. The molecule has 0 aromatic rings. The second-order valence-corrected chi connectivity index (χ2v) is 6.57. The molecule has 0 heterocycles. The van der Waals surface area contributed by atoms with Crippen molar-refractivity contribution in [1.82, 2.24) is 0 Å². The van der Waals surface area contributed by atoms with Crippen LogP contribution in [0.15, 0.2) is 9.98 Å². The van der Waals surface area contributed by atoms with Gasteiger partial charge >= 0.3 is 0 Å². The molecule has 0 aromatic heterocycles. The third-order valence-electron chi connectivity index (χ3n) is 5.20. The fraction of sp³-hybridized carbons (Fsp3) is 0.875. The Balaban J connectivity index is 1.79. The number of nitrogens with zero attached hydrogens (tertiary/aromatic N) is 2. The van der Waals surface area contributed by atoms with Crippen LogP contribution in [0.25, 0.3) is 0 Å². The maximum absolute atomic E-state index is 10.5. The van der Waals surface area contributed by atoms with Crippen molar-refractivity contribution in [3.8, 4) is 0 Å². The van der Waals surface area contributed by atoms with Crippen molar-refractivity contribution < 1.29 is 9.59 Å². The maximum atomic E-state index is 10.5. The molecule has 0 amide bonds. The number of hydrogen-bond donors (Lipinski definition) is 0. The van der Waals surface area contributed by atoms with Crippen LogP contribution in [-0.2, 0) is 9.59 Å². The summed E-state index contributed by atoms with van der Waals surface area (Å²) in [6, 6.07) is 0.393. The third kappa shape index (κ3) is 4.13. The summed E-state index contributed by atoms with van der Waals surface area (Å²) in [5.41, 5.74) is 0. The van der Waals surface area contributed by atoms with Gasteiger partial charge in [-0.15, -0.1) is 0 Å². The SMILES string of the molecule is CC1CCC(CC2CCC(N=C=O)CC2)CC1N=C=O. The van der Waals surface area contributed by atoms with Gasteiger partial charge in [0.05, 0.1) is 12.1 Å². The van der Waals surface area contributed by atoms with E-state index in [1.165, 1.54) is 32.1 Å². The molecule has 4 heteroatoms. The summed E-state index contributed by atoms with van der Waals surface area (Å²) in [6.07, 6.45) is 12.5. The zero-order chi connectivity index (χ0) is 14.4. The molecule has 0 N–H and O–H groups in total. The van der Waals surface area contributed by atoms with Crippen LogP contribution in [0.4, 0.5) is 0 Å². The van der Waals surface area contributed by atoms with Crippen molar-refractivity contribution in [2.45, 2.75) is 70.4 Å². The van der Waals surface area contributed by atoms with Crippen LogP contribution < -0.4 is 0 Å². The van der Waals surface area contributed by atoms with Crippen molar-refractivity contribution in [2.75, 3.05) is 0 Å². The summed E-state index contributed by atoms with van der Waals surface area (Å²) in [5, 5.41) is 0. The lowest BCUT2D eigenvalue weighted by Gasteiger charge is -2.34. The Bertz CT molecular complexity index is 403. The second-order valence-electron chi connectivity index (χ2n) is 6.57. The molecule has 0 radical (unpaired) electrons. The molecule has 2 saturated carbocycles. The van der Waals surface area contributed by atoms with Crippen molar-refractivity contribution in [1.29, 1.82) is 0 Å². The molecule has 20 heavy (non-hydrogen) atoms. The van der Waals surface area contributed by atoms with Gasteiger partial charge < -0.3 is 0 Å². The van der Waals surface area contributed by atoms with Gasteiger partial charge in [0, 0.05) is 0 Å². The minimum atomic E-state index is 0.183. The van der Waals surface area contributed by atoms with Crippen LogP contribution in [0.5, 0.6) is 0 Å². The highest BCUT2D eigenvalue weighted by atomic mass is 16.1. The van der Waals surface area contributed by atoms with Gasteiger partial charge in [0.15, 0.2) is 0 Å². The normalized spacial score (nSPS) is 37.5. The molecule has 3 atom stereocenters. The Morgan fingerprint density at radius 1 is 0.900 bits per heavy atom. The van der Waals surface area contributed by atoms with Crippen LogP contribution >= 0.6 is 0 Å². The number of carbonyl (C=O) groups excluding carboxylic acids is 2. The van der Waals surface area contributed by atoms with E-state index in [-0.39, 0.29) is 12.1 Å². The fourth-order valence-electron chi connectivity index (χ4n) is 3.90. The Kier molecular flexibility index (Phi) is 5.70. The highest BCUT2D eigenvalue weighted by Crippen LogP contribution is 2.38. The summed E-state index contributed by atoms with van der Waals surface area (Å²) in [5.74, 6) is 1.97. The van der Waals surface area contributed by atoms with Crippen LogP contribution in [-0.4, -0.2) is 24.2 Å². The van der Waals surface area contributed by atoms with Crippen LogP contribution in [0.2, 0.25) is 0 Å². The Hall–Kier alpha value is -1.24. The molecule has 0 saturated heterocycles.